The molecule has 2 aromatic rings. The normalized spacial score (nSPS) is 11.5. The molecule has 6 heteroatoms. The molecular formula is C20H25NO4S. The molecule has 2 rings (SSSR count). The second kappa shape index (κ2) is 8.96. The Morgan fingerprint density at radius 1 is 1.00 bits per heavy atom. The summed E-state index contributed by atoms with van der Waals surface area (Å²) >= 11 is 0. The van der Waals surface area contributed by atoms with Gasteiger partial charge < -0.3 is 4.74 Å². The molecule has 0 aliphatic heterocycles. The second-order valence-corrected chi connectivity index (χ2v) is 8.30. The van der Waals surface area contributed by atoms with Crippen molar-refractivity contribution in [3.8, 4) is 0 Å². The van der Waals surface area contributed by atoms with Crippen molar-refractivity contribution in [1.82, 2.24) is 4.72 Å². The predicted octanol–water partition coefficient (Wildman–Crippen LogP) is 3.39. The molecule has 0 saturated heterocycles. The maximum absolute atomic E-state index is 11.9. The highest BCUT2D eigenvalue weighted by Crippen LogP contribution is 2.15. The van der Waals surface area contributed by atoms with E-state index in [0.29, 0.717) is 12.3 Å². The fourth-order valence-electron chi connectivity index (χ4n) is 2.43. The lowest BCUT2D eigenvalue weighted by Gasteiger charge is -2.08. The zero-order chi connectivity index (χ0) is 19.2. The first-order valence-electron chi connectivity index (χ1n) is 8.59. The van der Waals surface area contributed by atoms with E-state index in [-0.39, 0.29) is 23.9 Å². The fourth-order valence-corrected chi connectivity index (χ4v) is 3.16. The molecule has 0 amide bonds. The van der Waals surface area contributed by atoms with Crippen molar-refractivity contribution < 1.29 is 17.9 Å². The van der Waals surface area contributed by atoms with Gasteiger partial charge in [-0.3, -0.25) is 4.79 Å². The largest absolute Gasteiger partial charge is 0.461 e. The van der Waals surface area contributed by atoms with Crippen molar-refractivity contribution in [2.75, 3.05) is 7.05 Å². The Hall–Kier alpha value is -2.18. The van der Waals surface area contributed by atoms with E-state index in [0.717, 1.165) is 11.1 Å². The Morgan fingerprint density at radius 3 is 2.12 bits per heavy atom. The van der Waals surface area contributed by atoms with E-state index >= 15 is 0 Å². The fraction of sp³-hybridized carbons (Fsp3) is 0.350. The Balaban J connectivity index is 1.81. The third-order valence-corrected chi connectivity index (χ3v) is 5.60. The third-order valence-electron chi connectivity index (χ3n) is 4.17. The van der Waals surface area contributed by atoms with Crippen molar-refractivity contribution in [3.05, 3.63) is 65.2 Å². The molecule has 0 saturated carbocycles. The lowest BCUT2D eigenvalue weighted by molar-refractivity contribution is -0.144. The Labute approximate surface area is 155 Å². The number of sulfonamides is 1. The number of ether oxygens (including phenoxy) is 1. The van der Waals surface area contributed by atoms with Crippen LogP contribution in [-0.2, 0) is 32.6 Å². The summed E-state index contributed by atoms with van der Waals surface area (Å²) in [6.07, 6.45) is 0.757. The minimum absolute atomic E-state index is 0.205. The molecule has 26 heavy (non-hydrogen) atoms. The van der Waals surface area contributed by atoms with E-state index in [1.807, 2.05) is 12.1 Å². The van der Waals surface area contributed by atoms with Crippen LogP contribution < -0.4 is 4.72 Å². The van der Waals surface area contributed by atoms with Gasteiger partial charge in [0, 0.05) is 6.42 Å². The predicted molar refractivity (Wildman–Crippen MR) is 101 cm³/mol. The van der Waals surface area contributed by atoms with Gasteiger partial charge in [-0.05, 0) is 48.2 Å². The first-order valence-corrected chi connectivity index (χ1v) is 10.1. The van der Waals surface area contributed by atoms with Crippen LogP contribution in [0.25, 0.3) is 0 Å². The summed E-state index contributed by atoms with van der Waals surface area (Å²) in [5.74, 6) is 0.200. The number of benzene rings is 2. The molecule has 140 valence electrons. The molecule has 0 aliphatic rings. The smallest absolute Gasteiger partial charge is 0.306 e. The quantitative estimate of drug-likeness (QED) is 0.718. The number of hydrogen-bond donors (Lipinski definition) is 1. The van der Waals surface area contributed by atoms with Gasteiger partial charge in [-0.2, -0.15) is 0 Å². The molecule has 0 aromatic heterocycles. The summed E-state index contributed by atoms with van der Waals surface area (Å²) < 4.78 is 30.9. The zero-order valence-corrected chi connectivity index (χ0v) is 16.2. The summed E-state index contributed by atoms with van der Waals surface area (Å²) in [7, 11) is -2.07. The minimum Gasteiger partial charge on any atom is -0.461 e. The van der Waals surface area contributed by atoms with E-state index in [2.05, 4.69) is 30.7 Å². The Kier molecular flexibility index (Phi) is 6.94. The van der Waals surface area contributed by atoms with Crippen molar-refractivity contribution in [2.45, 2.75) is 44.1 Å². The lowest BCUT2D eigenvalue weighted by atomic mass is 10.0. The van der Waals surface area contributed by atoms with E-state index in [1.54, 1.807) is 12.1 Å². The van der Waals surface area contributed by atoms with Crippen LogP contribution >= 0.6 is 0 Å². The number of carbonyl (C=O) groups excluding carboxylic acids is 1. The van der Waals surface area contributed by atoms with Gasteiger partial charge in [0.1, 0.15) is 6.61 Å². The molecule has 0 fully saturated rings. The molecule has 0 bridgehead atoms. The molecule has 0 heterocycles. The minimum atomic E-state index is -3.44. The molecule has 0 unspecified atom stereocenters. The van der Waals surface area contributed by atoms with Crippen LogP contribution in [0.1, 0.15) is 42.9 Å². The number of carbonyl (C=O) groups is 1. The van der Waals surface area contributed by atoms with Crippen LogP contribution in [0.15, 0.2) is 53.4 Å². The monoisotopic (exact) mass is 375 g/mol. The summed E-state index contributed by atoms with van der Waals surface area (Å²) in [6.45, 7) is 4.53. The lowest BCUT2D eigenvalue weighted by Crippen LogP contribution is -2.18. The Bertz CT molecular complexity index is 825. The summed E-state index contributed by atoms with van der Waals surface area (Å²) in [6, 6.07) is 14.5. The first-order chi connectivity index (χ1) is 12.3. The van der Waals surface area contributed by atoms with E-state index < -0.39 is 10.0 Å². The molecule has 0 spiro atoms. The van der Waals surface area contributed by atoms with Gasteiger partial charge in [-0.25, -0.2) is 13.1 Å². The molecule has 0 aliphatic carbocycles. The van der Waals surface area contributed by atoms with Gasteiger partial charge in [0.2, 0.25) is 10.0 Å². The highest BCUT2D eigenvalue weighted by Gasteiger charge is 2.11. The van der Waals surface area contributed by atoms with Crippen molar-refractivity contribution >= 4 is 16.0 Å². The zero-order valence-electron chi connectivity index (χ0n) is 15.4. The molecule has 1 N–H and O–H groups in total. The summed E-state index contributed by atoms with van der Waals surface area (Å²) in [5, 5.41) is 0. The molecule has 5 nitrogen and oxygen atoms in total. The number of rotatable bonds is 8. The van der Waals surface area contributed by atoms with Crippen LogP contribution in [-0.4, -0.2) is 21.4 Å². The Morgan fingerprint density at radius 2 is 1.58 bits per heavy atom. The number of aryl methyl sites for hydroxylation is 1. The van der Waals surface area contributed by atoms with Crippen LogP contribution in [0.2, 0.25) is 0 Å². The van der Waals surface area contributed by atoms with E-state index in [4.69, 9.17) is 4.74 Å². The highest BCUT2D eigenvalue weighted by atomic mass is 32.2. The molecule has 2 aromatic carbocycles. The second-order valence-electron chi connectivity index (χ2n) is 6.41. The molecule has 0 radical (unpaired) electrons. The van der Waals surface area contributed by atoms with Crippen LogP contribution in [0.3, 0.4) is 0 Å². The van der Waals surface area contributed by atoms with Gasteiger partial charge >= 0.3 is 5.97 Å². The standard InChI is InChI=1S/C20H25NO4S/c1-15(2)18-9-4-17(5-10-18)14-25-20(22)13-8-16-6-11-19(12-7-16)26(23,24)21-3/h4-7,9-12,15,21H,8,13-14H2,1-3H3. The van der Waals surface area contributed by atoms with Gasteiger partial charge in [0.05, 0.1) is 4.90 Å². The number of esters is 1. The van der Waals surface area contributed by atoms with Gasteiger partial charge in [0.25, 0.3) is 0 Å². The van der Waals surface area contributed by atoms with Crippen molar-refractivity contribution in [1.29, 1.82) is 0 Å². The topological polar surface area (TPSA) is 72.5 Å². The average Bonchev–Trinajstić information content (AvgIpc) is 2.65. The maximum atomic E-state index is 11.9. The van der Waals surface area contributed by atoms with Gasteiger partial charge in [-0.15, -0.1) is 0 Å². The van der Waals surface area contributed by atoms with Crippen LogP contribution in [0, 0.1) is 0 Å². The van der Waals surface area contributed by atoms with Gasteiger partial charge in [0.15, 0.2) is 0 Å². The third kappa shape index (κ3) is 5.68. The maximum Gasteiger partial charge on any atom is 0.306 e. The van der Waals surface area contributed by atoms with Crippen molar-refractivity contribution in [3.63, 3.8) is 0 Å². The van der Waals surface area contributed by atoms with Crippen LogP contribution in [0.4, 0.5) is 0 Å². The summed E-state index contributed by atoms with van der Waals surface area (Å²) in [4.78, 5) is 12.1. The van der Waals surface area contributed by atoms with Gasteiger partial charge in [-0.1, -0.05) is 50.2 Å². The van der Waals surface area contributed by atoms with E-state index in [1.165, 1.54) is 24.7 Å². The SMILES string of the molecule is CNS(=O)(=O)c1ccc(CCC(=O)OCc2ccc(C(C)C)cc2)cc1. The number of nitrogens with one attached hydrogen (secondary N) is 1. The average molecular weight is 375 g/mol. The summed E-state index contributed by atoms with van der Waals surface area (Å²) in [5.41, 5.74) is 3.10. The molecule has 0 atom stereocenters. The number of hydrogen-bond acceptors (Lipinski definition) is 4. The van der Waals surface area contributed by atoms with E-state index in [9.17, 15) is 13.2 Å². The highest BCUT2D eigenvalue weighted by molar-refractivity contribution is 7.89. The van der Waals surface area contributed by atoms with Crippen molar-refractivity contribution in [2.24, 2.45) is 0 Å². The first kappa shape index (κ1) is 20.1. The van der Waals surface area contributed by atoms with Crippen LogP contribution in [0.5, 0.6) is 0 Å². The molecular weight excluding hydrogens is 350 g/mol.